The van der Waals surface area contributed by atoms with Gasteiger partial charge in [-0.05, 0) is 30.5 Å². The van der Waals surface area contributed by atoms with E-state index in [0.29, 0.717) is 12.0 Å². The van der Waals surface area contributed by atoms with E-state index in [-0.39, 0.29) is 4.90 Å². The maximum atomic E-state index is 10.7. The van der Waals surface area contributed by atoms with Crippen molar-refractivity contribution in [3.05, 3.63) is 56.7 Å². The largest absolute Gasteiger partial charge is 0.197 e. The molecule has 1 aromatic rings. The van der Waals surface area contributed by atoms with Gasteiger partial charge in [-0.15, -0.1) is 21.3 Å². The van der Waals surface area contributed by atoms with Crippen LogP contribution in [0, 0.1) is 21.6 Å². The maximum absolute atomic E-state index is 10.7. The van der Waals surface area contributed by atoms with E-state index in [4.69, 9.17) is 0 Å². The molecule has 0 aromatic heterocycles. The van der Waals surface area contributed by atoms with Crippen molar-refractivity contribution in [3.63, 3.8) is 0 Å². The molecule has 0 aliphatic heterocycles. The van der Waals surface area contributed by atoms with Gasteiger partial charge in [-0.2, -0.15) is 0 Å². The second-order valence-electron chi connectivity index (χ2n) is 3.35. The van der Waals surface area contributed by atoms with Crippen LogP contribution in [0.1, 0.15) is 11.1 Å². The van der Waals surface area contributed by atoms with Crippen molar-refractivity contribution in [2.45, 2.75) is 18.2 Å². The molecule has 1 aromatic carbocycles. The average Bonchev–Trinajstić information content (AvgIpc) is 2.35. The van der Waals surface area contributed by atoms with Gasteiger partial charge < -0.3 is 0 Å². The van der Waals surface area contributed by atoms with Gasteiger partial charge in [0.25, 0.3) is 0 Å². The first-order valence-electron chi connectivity index (χ1n) is 4.71. The fourth-order valence-corrected chi connectivity index (χ4v) is 2.57. The van der Waals surface area contributed by atoms with Crippen LogP contribution in [0.4, 0.5) is 0 Å². The lowest BCUT2D eigenvalue weighted by Crippen LogP contribution is -1.96. The molecule has 0 heterocycles. The Labute approximate surface area is 99.8 Å². The van der Waals surface area contributed by atoms with Crippen LogP contribution < -0.4 is 0 Å². The topological polar surface area (TPSA) is 88.3 Å². The fourth-order valence-electron chi connectivity index (χ4n) is 1.40. The van der Waals surface area contributed by atoms with Crippen LogP contribution in [0.15, 0.2) is 49.5 Å². The molecule has 0 N–H and O–H groups in total. The summed E-state index contributed by atoms with van der Waals surface area (Å²) in [6.45, 7) is 5.33. The summed E-state index contributed by atoms with van der Waals surface area (Å²) in [5.41, 5.74) is 1.40. The number of allylic oxidation sites excluding steroid dienone is 1. The molecule has 90 valence electrons. The smallest absolute Gasteiger partial charge is 0.135 e. The van der Waals surface area contributed by atoms with Crippen molar-refractivity contribution in [1.29, 1.82) is 0 Å². The highest BCUT2D eigenvalue weighted by molar-refractivity contribution is 8.30. The van der Waals surface area contributed by atoms with Crippen LogP contribution in [0.3, 0.4) is 0 Å². The predicted molar refractivity (Wildman–Crippen MR) is 68.3 cm³/mol. The zero-order valence-electron chi connectivity index (χ0n) is 9.20. The van der Waals surface area contributed by atoms with Crippen LogP contribution in [-0.4, -0.2) is 0 Å². The quantitative estimate of drug-likeness (QED) is 0.568. The SMILES string of the molecule is C=CCc1ccc(C)cc1S(N=O)(N=O)N=O. The summed E-state index contributed by atoms with van der Waals surface area (Å²) in [6.07, 6.45) is 2.00. The molecule has 0 amide bonds. The van der Waals surface area contributed by atoms with Crippen LogP contribution in [0.2, 0.25) is 0 Å². The highest BCUT2D eigenvalue weighted by Gasteiger charge is 2.33. The summed E-state index contributed by atoms with van der Waals surface area (Å²) in [5.74, 6) is 0. The van der Waals surface area contributed by atoms with Gasteiger partial charge in [0.2, 0.25) is 0 Å². The second-order valence-corrected chi connectivity index (χ2v) is 5.27. The summed E-state index contributed by atoms with van der Waals surface area (Å²) >= 11 is 0. The maximum Gasteiger partial charge on any atom is 0.197 e. The number of nitrogens with zero attached hydrogens (tertiary/aromatic N) is 3. The number of hydrogen-bond acceptors (Lipinski definition) is 6. The predicted octanol–water partition coefficient (Wildman–Crippen LogP) is 3.93. The van der Waals surface area contributed by atoms with Crippen LogP contribution >= 0.6 is 10.6 Å². The highest BCUT2D eigenvalue weighted by atomic mass is 32.3. The Morgan fingerprint density at radius 1 is 1.24 bits per heavy atom. The van der Waals surface area contributed by atoms with E-state index in [1.54, 1.807) is 31.2 Å². The molecule has 0 saturated heterocycles. The first-order valence-corrected chi connectivity index (χ1v) is 6.21. The molecule has 7 heteroatoms. The van der Waals surface area contributed by atoms with Gasteiger partial charge in [0.05, 0.1) is 4.90 Å². The summed E-state index contributed by atoms with van der Waals surface area (Å²) in [7, 11) is -3.40. The Morgan fingerprint density at radius 2 is 1.82 bits per heavy atom. The summed E-state index contributed by atoms with van der Waals surface area (Å²) in [5, 5.41) is 0. The van der Waals surface area contributed by atoms with E-state index in [2.05, 4.69) is 20.3 Å². The Morgan fingerprint density at radius 3 is 2.29 bits per heavy atom. The lowest BCUT2D eigenvalue weighted by Gasteiger charge is -2.17. The van der Waals surface area contributed by atoms with Gasteiger partial charge in [-0.3, -0.25) is 0 Å². The molecule has 0 unspecified atom stereocenters. The minimum atomic E-state index is -3.40. The van der Waals surface area contributed by atoms with Gasteiger partial charge >= 0.3 is 0 Å². The molecule has 1 rings (SSSR count). The molecule has 0 saturated carbocycles. The van der Waals surface area contributed by atoms with E-state index in [1.165, 1.54) is 0 Å². The standard InChI is InChI=1S/C10H11N3O3S/c1-3-4-9-6-5-8(2)7-10(9)17(11-14,12-15)13-16/h3,5-7H,1,4H2,2H3. The number of nitroso groups, excluding NO2 is 3. The van der Waals surface area contributed by atoms with E-state index >= 15 is 0 Å². The van der Waals surface area contributed by atoms with Crippen molar-refractivity contribution >= 4 is 10.6 Å². The molecule has 0 radical (unpaired) electrons. The number of aryl methyl sites for hydroxylation is 1. The normalized spacial score (nSPS) is 11.6. The third-order valence-corrected chi connectivity index (χ3v) is 3.79. The van der Waals surface area contributed by atoms with Crippen LogP contribution in [0.5, 0.6) is 0 Å². The Bertz CT molecular complexity index is 454. The molecule has 0 aliphatic rings. The molecular weight excluding hydrogens is 242 g/mol. The Kier molecular flexibility index (Phi) is 4.22. The van der Waals surface area contributed by atoms with Crippen molar-refractivity contribution < 1.29 is 0 Å². The van der Waals surface area contributed by atoms with Crippen molar-refractivity contribution in [2.75, 3.05) is 0 Å². The summed E-state index contributed by atoms with van der Waals surface area (Å²) in [6, 6.07) is 5.04. The Hall–Kier alpha value is -1.89. The number of benzene rings is 1. The second kappa shape index (κ2) is 5.44. The highest BCUT2D eigenvalue weighted by Crippen LogP contribution is 2.60. The first-order chi connectivity index (χ1) is 8.13. The molecule has 0 spiro atoms. The van der Waals surface area contributed by atoms with E-state index in [0.717, 1.165) is 5.56 Å². The fraction of sp³-hybridized carbons (Fsp3) is 0.200. The minimum absolute atomic E-state index is 0.192. The molecule has 6 nitrogen and oxygen atoms in total. The third kappa shape index (κ3) is 2.44. The number of hydrogen-bond donors (Lipinski definition) is 0. The van der Waals surface area contributed by atoms with Gasteiger partial charge in [0.15, 0.2) is 10.6 Å². The third-order valence-electron chi connectivity index (χ3n) is 2.19. The van der Waals surface area contributed by atoms with Crippen LogP contribution in [-0.2, 0) is 6.42 Å². The van der Waals surface area contributed by atoms with E-state index in [1.807, 2.05) is 0 Å². The van der Waals surface area contributed by atoms with Gasteiger partial charge in [0.1, 0.15) is 0 Å². The lowest BCUT2D eigenvalue weighted by molar-refractivity contribution is 1.15. The van der Waals surface area contributed by atoms with Crippen LogP contribution in [0.25, 0.3) is 0 Å². The molecule has 0 bridgehead atoms. The minimum Gasteiger partial charge on any atom is -0.135 e. The zero-order valence-corrected chi connectivity index (χ0v) is 10.0. The zero-order chi connectivity index (χ0) is 12.9. The molecule has 0 fully saturated rings. The van der Waals surface area contributed by atoms with Gasteiger partial charge in [-0.25, -0.2) is 0 Å². The molecule has 17 heavy (non-hydrogen) atoms. The Balaban J connectivity index is 3.49. The lowest BCUT2D eigenvalue weighted by atomic mass is 10.1. The van der Waals surface area contributed by atoms with Crippen molar-refractivity contribution in [3.8, 4) is 0 Å². The molecule has 0 atom stereocenters. The molecular formula is C10H11N3O3S. The average molecular weight is 253 g/mol. The summed E-state index contributed by atoms with van der Waals surface area (Å²) < 4.78 is 7.65. The van der Waals surface area contributed by atoms with Gasteiger partial charge in [-0.1, -0.05) is 18.2 Å². The number of rotatable bonds is 6. The van der Waals surface area contributed by atoms with Crippen molar-refractivity contribution in [1.82, 2.24) is 0 Å². The monoisotopic (exact) mass is 253 g/mol. The van der Waals surface area contributed by atoms with E-state index < -0.39 is 10.6 Å². The van der Waals surface area contributed by atoms with E-state index in [9.17, 15) is 14.7 Å². The van der Waals surface area contributed by atoms with Gasteiger partial charge in [0, 0.05) is 13.7 Å². The van der Waals surface area contributed by atoms with Crippen molar-refractivity contribution in [2.24, 2.45) is 13.7 Å². The molecule has 0 aliphatic carbocycles. The first kappa shape index (κ1) is 13.2. The summed E-state index contributed by atoms with van der Waals surface area (Å²) in [4.78, 5) is 32.4.